The molecule has 0 aliphatic heterocycles. The Morgan fingerprint density at radius 2 is 1.76 bits per heavy atom. The molecule has 3 N–H and O–H groups in total. The van der Waals surface area contributed by atoms with Crippen molar-refractivity contribution in [1.82, 2.24) is 0 Å². The van der Waals surface area contributed by atoms with Crippen LogP contribution in [0, 0.1) is 29.6 Å². The molecule has 1 amide bonds. The summed E-state index contributed by atoms with van der Waals surface area (Å²) in [5.74, 6) is 3.65. The monoisotopic (exact) mass is 306 g/mol. The van der Waals surface area contributed by atoms with Crippen LogP contribution in [0.25, 0.3) is 0 Å². The fraction of sp³-hybridized carbons (Fsp3) is 0.588. The number of anilines is 1. The molecule has 1 aromatic rings. The Hall–Kier alpha value is -1.06. The van der Waals surface area contributed by atoms with Crippen molar-refractivity contribution in [2.45, 2.75) is 32.2 Å². The fourth-order valence-electron chi connectivity index (χ4n) is 4.77. The Bertz CT molecular complexity index is 526. The van der Waals surface area contributed by atoms with E-state index in [9.17, 15) is 4.79 Å². The number of amides is 1. The van der Waals surface area contributed by atoms with Gasteiger partial charge >= 0.3 is 0 Å². The van der Waals surface area contributed by atoms with Crippen LogP contribution in [0.2, 0.25) is 0 Å². The maximum absolute atomic E-state index is 12.4. The largest absolute Gasteiger partial charge is 0.326 e. The Morgan fingerprint density at radius 1 is 1.19 bits per heavy atom. The number of carbonyl (C=O) groups excluding carboxylic acids is 1. The van der Waals surface area contributed by atoms with E-state index < -0.39 is 0 Å². The number of benzene rings is 1. The number of hydrogen-bond acceptors (Lipinski definition) is 2. The van der Waals surface area contributed by atoms with E-state index in [1.807, 2.05) is 31.2 Å². The lowest BCUT2D eigenvalue weighted by atomic mass is 10.0. The topological polar surface area (TPSA) is 55.1 Å². The smallest absolute Gasteiger partial charge is 0.228 e. The predicted octanol–water partition coefficient (Wildman–Crippen LogP) is 3.36. The second-order valence-corrected chi connectivity index (χ2v) is 6.91. The number of fused-ring (bicyclic) bond motifs is 5. The van der Waals surface area contributed by atoms with Gasteiger partial charge in [-0.05, 0) is 67.6 Å². The van der Waals surface area contributed by atoms with Crippen molar-refractivity contribution in [2.75, 3.05) is 5.32 Å². The summed E-state index contributed by atoms with van der Waals surface area (Å²) >= 11 is 0. The van der Waals surface area contributed by atoms with E-state index in [2.05, 4.69) is 5.32 Å². The molecule has 3 fully saturated rings. The van der Waals surface area contributed by atoms with Gasteiger partial charge in [-0.15, -0.1) is 12.4 Å². The van der Waals surface area contributed by atoms with Crippen molar-refractivity contribution >= 4 is 24.0 Å². The van der Waals surface area contributed by atoms with Crippen LogP contribution in [0.4, 0.5) is 5.69 Å². The highest BCUT2D eigenvalue weighted by atomic mass is 35.5. The lowest BCUT2D eigenvalue weighted by Gasteiger charge is -2.11. The molecule has 0 radical (unpaired) electrons. The molecule has 1 aromatic carbocycles. The van der Waals surface area contributed by atoms with Crippen LogP contribution >= 0.6 is 12.4 Å². The van der Waals surface area contributed by atoms with E-state index in [1.54, 1.807) is 0 Å². The van der Waals surface area contributed by atoms with Crippen LogP contribution in [0.3, 0.4) is 0 Å². The molecule has 5 unspecified atom stereocenters. The van der Waals surface area contributed by atoms with Crippen LogP contribution in [0.1, 0.15) is 37.8 Å². The first kappa shape index (κ1) is 14.9. The molecule has 5 atom stereocenters. The molecule has 4 heteroatoms. The van der Waals surface area contributed by atoms with Gasteiger partial charge in [0.25, 0.3) is 0 Å². The second kappa shape index (κ2) is 5.29. The molecule has 3 saturated carbocycles. The van der Waals surface area contributed by atoms with E-state index in [0.717, 1.165) is 23.1 Å². The Labute approximate surface area is 132 Å². The third-order valence-electron chi connectivity index (χ3n) is 5.74. The Kier molecular flexibility index (Phi) is 3.74. The molecular formula is C17H23ClN2O. The lowest BCUT2D eigenvalue weighted by molar-refractivity contribution is -0.118. The third kappa shape index (κ3) is 2.36. The van der Waals surface area contributed by atoms with Crippen molar-refractivity contribution in [2.24, 2.45) is 35.3 Å². The molecule has 3 aliphatic rings. The minimum atomic E-state index is 0. The number of rotatable bonds is 3. The highest BCUT2D eigenvalue weighted by Gasteiger charge is 2.67. The molecule has 0 spiro atoms. The maximum atomic E-state index is 12.4. The van der Waals surface area contributed by atoms with Crippen LogP contribution in [0.5, 0.6) is 0 Å². The zero-order chi connectivity index (χ0) is 13.9. The maximum Gasteiger partial charge on any atom is 0.228 e. The second-order valence-electron chi connectivity index (χ2n) is 6.91. The summed E-state index contributed by atoms with van der Waals surface area (Å²) in [5, 5.41) is 3.09. The van der Waals surface area contributed by atoms with E-state index in [0.29, 0.717) is 17.8 Å². The van der Waals surface area contributed by atoms with Gasteiger partial charge in [0.2, 0.25) is 5.91 Å². The van der Waals surface area contributed by atoms with Crippen LogP contribution in [-0.2, 0) is 4.79 Å². The van der Waals surface area contributed by atoms with Crippen molar-refractivity contribution in [1.29, 1.82) is 0 Å². The summed E-state index contributed by atoms with van der Waals surface area (Å²) in [6.45, 7) is 1.97. The molecule has 21 heavy (non-hydrogen) atoms. The number of hydrogen-bond donors (Lipinski definition) is 2. The first-order valence-corrected chi connectivity index (χ1v) is 7.81. The van der Waals surface area contributed by atoms with Gasteiger partial charge < -0.3 is 11.1 Å². The van der Waals surface area contributed by atoms with Gasteiger partial charge in [-0.1, -0.05) is 12.1 Å². The van der Waals surface area contributed by atoms with Crippen molar-refractivity contribution in [3.8, 4) is 0 Å². The molecule has 0 heterocycles. The molecule has 3 aliphatic carbocycles. The number of carbonyl (C=O) groups is 1. The van der Waals surface area contributed by atoms with E-state index in [4.69, 9.17) is 5.73 Å². The van der Waals surface area contributed by atoms with E-state index in [-0.39, 0.29) is 24.4 Å². The molecule has 4 rings (SSSR count). The molecule has 2 bridgehead atoms. The van der Waals surface area contributed by atoms with Crippen molar-refractivity contribution in [3.63, 3.8) is 0 Å². The summed E-state index contributed by atoms with van der Waals surface area (Å²) in [6, 6.07) is 7.96. The summed E-state index contributed by atoms with van der Waals surface area (Å²) in [5.41, 5.74) is 7.84. The standard InChI is InChI=1S/C17H22N2O.ClH/c1-9(18)10-4-6-13(7-5-10)19-17(20)16-14-11-2-3-12(8-11)15(14)16;/h4-7,9,11-12,14-16H,2-3,8,18H2,1H3,(H,19,20);1H. The first-order chi connectivity index (χ1) is 9.65. The predicted molar refractivity (Wildman–Crippen MR) is 86.2 cm³/mol. The first-order valence-electron chi connectivity index (χ1n) is 7.81. The van der Waals surface area contributed by atoms with Gasteiger partial charge in [-0.25, -0.2) is 0 Å². The van der Waals surface area contributed by atoms with Gasteiger partial charge in [-0.2, -0.15) is 0 Å². The van der Waals surface area contributed by atoms with Crippen LogP contribution in [0.15, 0.2) is 24.3 Å². The SMILES string of the molecule is CC(N)c1ccc(NC(=O)C2C3C4CCC(C4)C23)cc1.Cl. The molecule has 114 valence electrons. The zero-order valence-corrected chi connectivity index (χ0v) is 13.1. The lowest BCUT2D eigenvalue weighted by Crippen LogP contribution is -2.18. The van der Waals surface area contributed by atoms with Crippen LogP contribution < -0.4 is 11.1 Å². The van der Waals surface area contributed by atoms with E-state index in [1.165, 1.54) is 19.3 Å². The van der Waals surface area contributed by atoms with Gasteiger partial charge in [0.15, 0.2) is 0 Å². The Morgan fingerprint density at radius 3 is 2.29 bits per heavy atom. The normalized spacial score (nSPS) is 36.6. The third-order valence-corrected chi connectivity index (χ3v) is 5.74. The quantitative estimate of drug-likeness (QED) is 0.899. The summed E-state index contributed by atoms with van der Waals surface area (Å²) < 4.78 is 0. The van der Waals surface area contributed by atoms with Crippen LogP contribution in [-0.4, -0.2) is 5.91 Å². The number of nitrogens with two attached hydrogens (primary N) is 1. The minimum absolute atomic E-state index is 0. The average molecular weight is 307 g/mol. The van der Waals surface area contributed by atoms with Gasteiger partial charge in [0.05, 0.1) is 0 Å². The summed E-state index contributed by atoms with van der Waals surface area (Å²) in [4.78, 5) is 12.4. The number of nitrogens with one attached hydrogen (secondary N) is 1. The zero-order valence-electron chi connectivity index (χ0n) is 12.3. The van der Waals surface area contributed by atoms with Crippen molar-refractivity contribution in [3.05, 3.63) is 29.8 Å². The highest BCUT2D eigenvalue weighted by molar-refractivity contribution is 5.95. The van der Waals surface area contributed by atoms with Gasteiger partial charge in [-0.3, -0.25) is 4.79 Å². The highest BCUT2D eigenvalue weighted by Crippen LogP contribution is 2.69. The molecule has 0 saturated heterocycles. The minimum Gasteiger partial charge on any atom is -0.326 e. The molecule has 3 nitrogen and oxygen atoms in total. The van der Waals surface area contributed by atoms with E-state index >= 15 is 0 Å². The summed E-state index contributed by atoms with van der Waals surface area (Å²) in [7, 11) is 0. The molecular weight excluding hydrogens is 284 g/mol. The fourth-order valence-corrected chi connectivity index (χ4v) is 4.77. The Balaban J connectivity index is 0.00000132. The van der Waals surface area contributed by atoms with Gasteiger partial charge in [0.1, 0.15) is 0 Å². The summed E-state index contributed by atoms with van der Waals surface area (Å²) in [6.07, 6.45) is 4.11. The van der Waals surface area contributed by atoms with Gasteiger partial charge in [0, 0.05) is 17.6 Å². The average Bonchev–Trinajstić information content (AvgIpc) is 2.89. The van der Waals surface area contributed by atoms with Crippen molar-refractivity contribution < 1.29 is 4.79 Å². The molecule has 0 aromatic heterocycles. The number of halogens is 1.